The van der Waals surface area contributed by atoms with Crippen LogP contribution in [-0.2, 0) is 10.0 Å². The Kier molecular flexibility index (Phi) is 7.52. The second kappa shape index (κ2) is 10.3. The van der Waals surface area contributed by atoms with Crippen molar-refractivity contribution in [2.75, 3.05) is 20.6 Å². The fraction of sp³-hybridized carbons (Fsp3) is 0.136. The Morgan fingerprint density at radius 1 is 1.19 bits per heavy atom. The predicted molar refractivity (Wildman–Crippen MR) is 131 cm³/mol. The van der Waals surface area contributed by atoms with Gasteiger partial charge in [-0.3, -0.25) is 5.43 Å². The predicted octanol–water partition coefficient (Wildman–Crippen LogP) is 2.77. The molecule has 0 saturated heterocycles. The second-order valence-corrected chi connectivity index (χ2v) is 9.45. The summed E-state index contributed by atoms with van der Waals surface area (Å²) in [5.74, 6) is 0. The molecule has 0 spiro atoms. The lowest BCUT2D eigenvalue weighted by molar-refractivity contribution is 0.521. The third-order valence-electron chi connectivity index (χ3n) is 4.45. The van der Waals surface area contributed by atoms with Gasteiger partial charge in [0.15, 0.2) is 5.11 Å². The number of hydrazone groups is 1. The molecule has 2 N–H and O–H groups in total. The van der Waals surface area contributed by atoms with E-state index in [0.29, 0.717) is 17.4 Å². The number of aromatic nitrogens is 2. The summed E-state index contributed by atoms with van der Waals surface area (Å²) < 4.78 is 27.7. The van der Waals surface area contributed by atoms with Gasteiger partial charge in [0.25, 0.3) is 0 Å². The molecule has 2 aromatic carbocycles. The first-order valence-electron chi connectivity index (χ1n) is 9.69. The average Bonchev–Trinajstić information content (AvgIpc) is 3.22. The third kappa shape index (κ3) is 5.47. The highest BCUT2D eigenvalue weighted by Crippen LogP contribution is 2.25. The van der Waals surface area contributed by atoms with Crippen LogP contribution in [0.2, 0.25) is 0 Å². The third-order valence-corrected chi connectivity index (χ3v) is 6.51. The number of thiocarbonyl (C=S) groups is 1. The van der Waals surface area contributed by atoms with E-state index in [-0.39, 0.29) is 4.90 Å². The van der Waals surface area contributed by atoms with E-state index in [1.54, 1.807) is 41.2 Å². The number of benzene rings is 2. The number of sulfonamides is 1. The summed E-state index contributed by atoms with van der Waals surface area (Å²) in [6.07, 6.45) is 5.16. The summed E-state index contributed by atoms with van der Waals surface area (Å²) in [7, 11) is -0.511. The van der Waals surface area contributed by atoms with Gasteiger partial charge in [0.2, 0.25) is 10.0 Å². The molecule has 1 heterocycles. The van der Waals surface area contributed by atoms with Crippen LogP contribution in [0.25, 0.3) is 16.9 Å². The first kappa shape index (κ1) is 23.3. The lowest BCUT2D eigenvalue weighted by atomic mass is 10.1. The van der Waals surface area contributed by atoms with E-state index in [0.717, 1.165) is 16.8 Å². The molecule has 0 aliphatic carbocycles. The molecule has 0 aliphatic rings. The van der Waals surface area contributed by atoms with Crippen LogP contribution in [0.1, 0.15) is 5.56 Å². The summed E-state index contributed by atoms with van der Waals surface area (Å²) >= 11 is 5.15. The van der Waals surface area contributed by atoms with E-state index in [4.69, 9.17) is 17.3 Å². The quantitative estimate of drug-likeness (QED) is 0.229. The topological polar surface area (TPSA) is 91.6 Å². The van der Waals surface area contributed by atoms with E-state index < -0.39 is 10.0 Å². The van der Waals surface area contributed by atoms with Crippen molar-refractivity contribution >= 4 is 33.6 Å². The normalized spacial score (nSPS) is 11.6. The van der Waals surface area contributed by atoms with Gasteiger partial charge in [-0.05, 0) is 36.5 Å². The highest BCUT2D eigenvalue weighted by Gasteiger charge is 2.18. The zero-order chi connectivity index (χ0) is 23.1. The molecule has 32 heavy (non-hydrogen) atoms. The van der Waals surface area contributed by atoms with Gasteiger partial charge in [0.05, 0.1) is 16.8 Å². The maximum Gasteiger partial charge on any atom is 0.242 e. The van der Waals surface area contributed by atoms with Gasteiger partial charge in [-0.1, -0.05) is 36.4 Å². The second-order valence-electron chi connectivity index (χ2n) is 6.89. The van der Waals surface area contributed by atoms with E-state index in [1.807, 2.05) is 36.5 Å². The van der Waals surface area contributed by atoms with Gasteiger partial charge in [-0.15, -0.1) is 6.58 Å². The first-order valence-corrected chi connectivity index (χ1v) is 11.5. The highest BCUT2D eigenvalue weighted by atomic mass is 32.2. The summed E-state index contributed by atoms with van der Waals surface area (Å²) in [5.41, 5.74) is 5.78. The van der Waals surface area contributed by atoms with Crippen molar-refractivity contribution in [2.45, 2.75) is 4.90 Å². The van der Waals surface area contributed by atoms with Gasteiger partial charge >= 0.3 is 0 Å². The van der Waals surface area contributed by atoms with E-state index in [2.05, 4.69) is 22.4 Å². The largest absolute Gasteiger partial charge is 0.358 e. The molecule has 0 amide bonds. The van der Waals surface area contributed by atoms with Crippen LogP contribution in [0, 0.1) is 0 Å². The van der Waals surface area contributed by atoms with Crippen LogP contribution in [0.3, 0.4) is 0 Å². The van der Waals surface area contributed by atoms with Crippen LogP contribution in [0.15, 0.2) is 83.4 Å². The molecule has 0 radical (unpaired) electrons. The molecule has 1 aromatic heterocycles. The van der Waals surface area contributed by atoms with Crippen molar-refractivity contribution in [1.29, 1.82) is 0 Å². The number of para-hydroxylation sites is 1. The Bertz CT molecular complexity index is 1220. The van der Waals surface area contributed by atoms with E-state index >= 15 is 0 Å². The van der Waals surface area contributed by atoms with Crippen LogP contribution in [0.4, 0.5) is 0 Å². The summed E-state index contributed by atoms with van der Waals surface area (Å²) in [4.78, 5) is 0.212. The molecule has 0 bridgehead atoms. The minimum atomic E-state index is -3.51. The maximum atomic E-state index is 12.4. The van der Waals surface area contributed by atoms with Crippen molar-refractivity contribution in [1.82, 2.24) is 24.8 Å². The number of rotatable bonds is 8. The van der Waals surface area contributed by atoms with Crippen molar-refractivity contribution in [3.63, 3.8) is 0 Å². The molecule has 0 unspecified atom stereocenters. The van der Waals surface area contributed by atoms with Crippen molar-refractivity contribution in [3.8, 4) is 16.9 Å². The Morgan fingerprint density at radius 2 is 1.88 bits per heavy atom. The Balaban J connectivity index is 1.95. The van der Waals surface area contributed by atoms with Gasteiger partial charge in [0.1, 0.15) is 5.69 Å². The lowest BCUT2D eigenvalue weighted by Crippen LogP contribution is -2.31. The fourth-order valence-corrected chi connectivity index (χ4v) is 3.82. The van der Waals surface area contributed by atoms with Crippen LogP contribution in [0.5, 0.6) is 0 Å². The summed E-state index contributed by atoms with van der Waals surface area (Å²) in [5, 5.41) is 12.2. The highest BCUT2D eigenvalue weighted by molar-refractivity contribution is 7.89. The lowest BCUT2D eigenvalue weighted by Gasteiger charge is -2.11. The molecule has 0 saturated carbocycles. The molecule has 10 heteroatoms. The van der Waals surface area contributed by atoms with Crippen molar-refractivity contribution in [2.24, 2.45) is 5.10 Å². The minimum Gasteiger partial charge on any atom is -0.358 e. The van der Waals surface area contributed by atoms with Gasteiger partial charge in [-0.25, -0.2) is 17.4 Å². The molecule has 3 aromatic rings. The smallest absolute Gasteiger partial charge is 0.242 e. The molecular weight excluding hydrogens is 444 g/mol. The van der Waals surface area contributed by atoms with Gasteiger partial charge in [-0.2, -0.15) is 10.2 Å². The first-order chi connectivity index (χ1) is 15.3. The summed E-state index contributed by atoms with van der Waals surface area (Å²) in [6, 6.07) is 16.3. The fourth-order valence-electron chi connectivity index (χ4n) is 2.78. The monoisotopic (exact) mass is 468 g/mol. The number of nitrogens with zero attached hydrogens (tertiary/aromatic N) is 4. The maximum absolute atomic E-state index is 12.4. The zero-order valence-corrected chi connectivity index (χ0v) is 19.4. The van der Waals surface area contributed by atoms with Crippen molar-refractivity contribution < 1.29 is 8.42 Å². The van der Waals surface area contributed by atoms with Crippen LogP contribution in [-0.4, -0.2) is 54.5 Å². The molecule has 0 atom stereocenters. The molecule has 0 fully saturated rings. The Hall–Kier alpha value is -3.34. The van der Waals surface area contributed by atoms with E-state index in [1.165, 1.54) is 18.4 Å². The van der Waals surface area contributed by atoms with Gasteiger partial charge < -0.3 is 5.32 Å². The molecule has 3 rings (SSSR count). The number of hydrogen-bond acceptors (Lipinski definition) is 5. The average molecular weight is 469 g/mol. The SMILES string of the molecule is C=CCNC(=S)NN=Cc1cn(-c2ccccc2)nc1-c1ccc(S(=O)(=O)N(C)C)cc1. The molecule has 8 nitrogen and oxygen atoms in total. The van der Waals surface area contributed by atoms with Crippen molar-refractivity contribution in [3.05, 3.63) is 79.0 Å². The zero-order valence-electron chi connectivity index (χ0n) is 17.8. The molecular formula is C22H24N6O2S2. The number of nitrogens with one attached hydrogen (secondary N) is 2. The van der Waals surface area contributed by atoms with Crippen LogP contribution < -0.4 is 10.7 Å². The Morgan fingerprint density at radius 3 is 2.50 bits per heavy atom. The van der Waals surface area contributed by atoms with Crippen LogP contribution >= 0.6 is 12.2 Å². The summed E-state index contributed by atoms with van der Waals surface area (Å²) in [6.45, 7) is 4.16. The van der Waals surface area contributed by atoms with Gasteiger partial charge in [0, 0.05) is 38.0 Å². The number of hydrogen-bond donors (Lipinski definition) is 2. The molecule has 166 valence electrons. The Labute approximate surface area is 193 Å². The standard InChI is InChI=1S/C22H24N6O2S2/c1-4-14-23-22(31)25-24-15-18-16-28(19-8-6-5-7-9-19)26-21(18)17-10-12-20(13-11-17)32(29,30)27(2)3/h4-13,15-16H,1,14H2,2-3H3,(H2,23,25,31). The molecule has 0 aliphatic heterocycles. The van der Waals surface area contributed by atoms with E-state index in [9.17, 15) is 8.42 Å². The minimum absolute atomic E-state index is 0.212.